The molecule has 5 nitrogen and oxygen atoms in total. The second kappa shape index (κ2) is 11.9. The number of hydrogen-bond donors (Lipinski definition) is 3. The molecule has 5 heteroatoms. The van der Waals surface area contributed by atoms with Crippen molar-refractivity contribution in [2.45, 2.75) is 26.0 Å². The minimum absolute atomic E-state index is 0.0290. The molecule has 0 bridgehead atoms. The highest BCUT2D eigenvalue weighted by Gasteiger charge is 2.01. The number of rotatable bonds is 11. The Kier molecular flexibility index (Phi) is 11.7. The first-order valence-electron chi connectivity index (χ1n) is 5.49. The van der Waals surface area contributed by atoms with E-state index in [1.165, 1.54) is 0 Å². The third-order valence-corrected chi connectivity index (χ3v) is 1.79. The van der Waals surface area contributed by atoms with E-state index in [4.69, 9.17) is 14.6 Å². The minimum Gasteiger partial charge on any atom is -0.394 e. The van der Waals surface area contributed by atoms with Crippen LogP contribution in [0.4, 0.5) is 0 Å². The summed E-state index contributed by atoms with van der Waals surface area (Å²) < 4.78 is 10.1. The summed E-state index contributed by atoms with van der Waals surface area (Å²) in [6.07, 6.45) is 1.56. The van der Waals surface area contributed by atoms with Gasteiger partial charge < -0.3 is 19.7 Å². The predicted molar refractivity (Wildman–Crippen MR) is 57.6 cm³/mol. The van der Waals surface area contributed by atoms with E-state index >= 15 is 0 Å². The van der Waals surface area contributed by atoms with E-state index in [-0.39, 0.29) is 13.2 Å². The molecule has 1 unspecified atom stereocenters. The number of ether oxygens (including phenoxy) is 2. The van der Waals surface area contributed by atoms with Gasteiger partial charge in [-0.25, -0.2) is 0 Å². The molecule has 0 aromatic heterocycles. The number of unbranched alkanes of at least 4 members (excludes halogenated alkanes) is 1. The molecule has 92 valence electrons. The highest BCUT2D eigenvalue weighted by atomic mass is 16.5. The summed E-state index contributed by atoms with van der Waals surface area (Å²) in [5.74, 6) is 0. The number of aliphatic hydroxyl groups is 2. The average molecular weight is 221 g/mol. The summed E-state index contributed by atoms with van der Waals surface area (Å²) in [6, 6.07) is 0. The van der Waals surface area contributed by atoms with Crippen LogP contribution in [0.3, 0.4) is 0 Å². The van der Waals surface area contributed by atoms with Gasteiger partial charge in [0, 0.05) is 0 Å². The molecule has 3 N–H and O–H groups in total. The van der Waals surface area contributed by atoms with Gasteiger partial charge in [0.05, 0.1) is 33.0 Å². The number of hydrogen-bond acceptors (Lipinski definition) is 5. The van der Waals surface area contributed by atoms with E-state index in [1.54, 1.807) is 0 Å². The van der Waals surface area contributed by atoms with Crippen LogP contribution in [0, 0.1) is 0 Å². The van der Waals surface area contributed by atoms with Gasteiger partial charge in [0.25, 0.3) is 0 Å². The highest BCUT2D eigenvalue weighted by Crippen LogP contribution is 1.86. The molecule has 1 atom stereocenters. The first-order valence-corrected chi connectivity index (χ1v) is 5.49. The SMILES string of the molecule is CCCCNC(O)COCCOCCO. The van der Waals surface area contributed by atoms with Crippen LogP contribution in [-0.2, 0) is 9.47 Å². The van der Waals surface area contributed by atoms with E-state index in [9.17, 15) is 5.11 Å². The molecule has 0 amide bonds. The maximum atomic E-state index is 9.36. The molecule has 0 radical (unpaired) electrons. The zero-order valence-electron chi connectivity index (χ0n) is 9.45. The second-order valence-electron chi connectivity index (χ2n) is 3.23. The van der Waals surface area contributed by atoms with Gasteiger partial charge in [-0.05, 0) is 13.0 Å². The molecular formula is C10H23NO4. The van der Waals surface area contributed by atoms with E-state index in [0.29, 0.717) is 19.8 Å². The predicted octanol–water partition coefficient (Wildman–Crippen LogP) is -0.280. The van der Waals surface area contributed by atoms with Crippen LogP contribution < -0.4 is 5.32 Å². The van der Waals surface area contributed by atoms with Gasteiger partial charge in [-0.3, -0.25) is 5.32 Å². The molecule has 0 aliphatic rings. The smallest absolute Gasteiger partial charge is 0.128 e. The van der Waals surface area contributed by atoms with Gasteiger partial charge in [0.15, 0.2) is 0 Å². The zero-order valence-corrected chi connectivity index (χ0v) is 9.45. The summed E-state index contributed by atoms with van der Waals surface area (Å²) in [7, 11) is 0. The lowest BCUT2D eigenvalue weighted by Crippen LogP contribution is -2.34. The van der Waals surface area contributed by atoms with Gasteiger partial charge in [0.2, 0.25) is 0 Å². The molecule has 0 aromatic carbocycles. The summed E-state index contributed by atoms with van der Waals surface area (Å²) in [5, 5.41) is 20.7. The van der Waals surface area contributed by atoms with Crippen molar-refractivity contribution >= 4 is 0 Å². The minimum atomic E-state index is -0.602. The Labute approximate surface area is 91.4 Å². The molecular weight excluding hydrogens is 198 g/mol. The van der Waals surface area contributed by atoms with Crippen molar-refractivity contribution < 1.29 is 19.7 Å². The van der Waals surface area contributed by atoms with Crippen molar-refractivity contribution in [3.05, 3.63) is 0 Å². The van der Waals surface area contributed by atoms with Gasteiger partial charge in [-0.1, -0.05) is 13.3 Å². The van der Waals surface area contributed by atoms with Crippen LogP contribution >= 0.6 is 0 Å². The topological polar surface area (TPSA) is 71.0 Å². The maximum Gasteiger partial charge on any atom is 0.128 e. The summed E-state index contributed by atoms with van der Waals surface area (Å²) in [4.78, 5) is 0. The molecule has 0 aliphatic heterocycles. The lowest BCUT2D eigenvalue weighted by molar-refractivity contribution is -0.0118. The molecule has 0 saturated carbocycles. The van der Waals surface area contributed by atoms with Crippen LogP contribution in [0.5, 0.6) is 0 Å². The Morgan fingerprint density at radius 1 is 1.20 bits per heavy atom. The van der Waals surface area contributed by atoms with Crippen LogP contribution in [-0.4, -0.2) is 56.0 Å². The summed E-state index contributed by atoms with van der Waals surface area (Å²) >= 11 is 0. The molecule has 15 heavy (non-hydrogen) atoms. The van der Waals surface area contributed by atoms with Gasteiger partial charge in [-0.15, -0.1) is 0 Å². The fourth-order valence-corrected chi connectivity index (χ4v) is 0.984. The van der Waals surface area contributed by atoms with Gasteiger partial charge in [0.1, 0.15) is 6.23 Å². The van der Waals surface area contributed by atoms with Crippen molar-refractivity contribution in [1.82, 2.24) is 5.32 Å². The maximum absolute atomic E-state index is 9.36. The molecule has 0 spiro atoms. The third kappa shape index (κ3) is 11.7. The van der Waals surface area contributed by atoms with Gasteiger partial charge in [-0.2, -0.15) is 0 Å². The van der Waals surface area contributed by atoms with E-state index in [1.807, 2.05) is 0 Å². The number of aliphatic hydroxyl groups excluding tert-OH is 2. The molecule has 0 heterocycles. The van der Waals surface area contributed by atoms with E-state index in [2.05, 4.69) is 12.2 Å². The largest absolute Gasteiger partial charge is 0.394 e. The third-order valence-electron chi connectivity index (χ3n) is 1.79. The molecule has 0 fully saturated rings. The van der Waals surface area contributed by atoms with Gasteiger partial charge >= 0.3 is 0 Å². The summed E-state index contributed by atoms with van der Waals surface area (Å²) in [6.45, 7) is 4.42. The van der Waals surface area contributed by atoms with E-state index < -0.39 is 6.23 Å². The molecule has 0 aromatic rings. The fraction of sp³-hybridized carbons (Fsp3) is 1.00. The fourth-order valence-electron chi connectivity index (χ4n) is 0.984. The second-order valence-corrected chi connectivity index (χ2v) is 3.23. The van der Waals surface area contributed by atoms with Crippen molar-refractivity contribution in [3.8, 4) is 0 Å². The Morgan fingerprint density at radius 2 is 1.93 bits per heavy atom. The Morgan fingerprint density at radius 3 is 2.60 bits per heavy atom. The van der Waals surface area contributed by atoms with Crippen molar-refractivity contribution in [2.75, 3.05) is 39.6 Å². The lowest BCUT2D eigenvalue weighted by atomic mass is 10.3. The Hall–Kier alpha value is -0.200. The lowest BCUT2D eigenvalue weighted by Gasteiger charge is -2.12. The Bertz CT molecular complexity index is 124. The molecule has 0 aliphatic carbocycles. The van der Waals surface area contributed by atoms with Crippen molar-refractivity contribution in [1.29, 1.82) is 0 Å². The first-order chi connectivity index (χ1) is 7.31. The van der Waals surface area contributed by atoms with Crippen molar-refractivity contribution in [2.24, 2.45) is 0 Å². The normalized spacial score (nSPS) is 13.0. The summed E-state index contributed by atoms with van der Waals surface area (Å²) in [5.41, 5.74) is 0. The Balaban J connectivity index is 3.06. The first kappa shape index (κ1) is 14.8. The van der Waals surface area contributed by atoms with Crippen LogP contribution in [0.2, 0.25) is 0 Å². The van der Waals surface area contributed by atoms with Crippen LogP contribution in [0.1, 0.15) is 19.8 Å². The average Bonchev–Trinajstić information content (AvgIpc) is 2.23. The van der Waals surface area contributed by atoms with Crippen LogP contribution in [0.15, 0.2) is 0 Å². The monoisotopic (exact) mass is 221 g/mol. The number of nitrogens with one attached hydrogen (secondary N) is 1. The molecule has 0 rings (SSSR count). The van der Waals surface area contributed by atoms with Crippen molar-refractivity contribution in [3.63, 3.8) is 0 Å². The quantitative estimate of drug-likeness (QED) is 0.331. The van der Waals surface area contributed by atoms with E-state index in [0.717, 1.165) is 19.4 Å². The van der Waals surface area contributed by atoms with Crippen LogP contribution in [0.25, 0.3) is 0 Å². The molecule has 0 saturated heterocycles. The highest BCUT2D eigenvalue weighted by molar-refractivity contribution is 4.51. The standard InChI is InChI=1S/C10H23NO4/c1-2-3-4-11-10(13)9-15-8-7-14-6-5-12/h10-13H,2-9H2,1H3. The zero-order chi connectivity index (χ0) is 11.4.